The monoisotopic (exact) mass is 622 g/mol. The molecule has 7 nitrogen and oxygen atoms in total. The van der Waals surface area contributed by atoms with E-state index in [0.717, 1.165) is 23.3 Å². The van der Waals surface area contributed by atoms with Crippen LogP contribution >= 0.6 is 23.2 Å². The zero-order valence-electron chi connectivity index (χ0n) is 23.0. The molecule has 2 atom stereocenters. The number of carbonyl (C=O) groups excluding carboxylic acids is 2. The van der Waals surface area contributed by atoms with Crippen molar-refractivity contribution in [3.63, 3.8) is 0 Å². The molecule has 1 fully saturated rings. The van der Waals surface area contributed by atoms with Gasteiger partial charge < -0.3 is 20.3 Å². The lowest BCUT2D eigenvalue weighted by molar-refractivity contribution is -0.274. The van der Waals surface area contributed by atoms with Gasteiger partial charge in [-0.2, -0.15) is 0 Å². The van der Waals surface area contributed by atoms with Gasteiger partial charge in [0.25, 0.3) is 5.91 Å². The van der Waals surface area contributed by atoms with Crippen LogP contribution in [0.15, 0.2) is 72.8 Å². The van der Waals surface area contributed by atoms with E-state index in [-0.39, 0.29) is 17.5 Å². The van der Waals surface area contributed by atoms with E-state index in [0.29, 0.717) is 36.2 Å². The number of likely N-dealkylation sites (tertiary alicyclic amines) is 1. The average molecular weight is 624 g/mol. The van der Waals surface area contributed by atoms with E-state index >= 15 is 0 Å². The molecule has 1 heterocycles. The summed E-state index contributed by atoms with van der Waals surface area (Å²) in [6.45, 7) is 1.75. The van der Waals surface area contributed by atoms with Crippen molar-refractivity contribution in [1.29, 1.82) is 0 Å². The second kappa shape index (κ2) is 13.8. The number of rotatable bonds is 10. The standard InChI is InChI=1S/C30H31Cl2F3N4O3/c1-38(2)16-15-36-29(41)25-17-39(27(19-3-9-22(31)10-4-19)20-5-11-23(32)12-6-20)18-26(25)37-28(40)21-7-13-24(14-8-21)42-30(33,34)35/h3-14,25-27H,15-18H2,1-2H3,(H,36,41)(H,37,40). The van der Waals surface area contributed by atoms with Crippen LogP contribution in [0.25, 0.3) is 0 Å². The quantitative estimate of drug-likeness (QED) is 0.317. The number of alkyl halides is 3. The first-order valence-electron chi connectivity index (χ1n) is 13.2. The number of carbonyl (C=O) groups is 2. The molecule has 3 aromatic carbocycles. The summed E-state index contributed by atoms with van der Waals surface area (Å²) in [6, 6.07) is 18.7. The minimum atomic E-state index is -4.84. The molecule has 2 N–H and O–H groups in total. The van der Waals surface area contributed by atoms with Gasteiger partial charge in [0, 0.05) is 41.8 Å². The SMILES string of the molecule is CN(C)CCNC(=O)C1CN(C(c2ccc(Cl)cc2)c2ccc(Cl)cc2)CC1NC(=O)c1ccc(OC(F)(F)F)cc1. The summed E-state index contributed by atoms with van der Waals surface area (Å²) in [5.41, 5.74) is 2.03. The first-order chi connectivity index (χ1) is 19.9. The van der Waals surface area contributed by atoms with Gasteiger partial charge in [-0.25, -0.2) is 0 Å². The summed E-state index contributed by atoms with van der Waals surface area (Å²) in [7, 11) is 3.81. The van der Waals surface area contributed by atoms with Gasteiger partial charge in [-0.05, 0) is 73.8 Å². The van der Waals surface area contributed by atoms with Crippen LogP contribution in [0.5, 0.6) is 5.75 Å². The molecule has 1 aliphatic heterocycles. The van der Waals surface area contributed by atoms with Crippen molar-refractivity contribution in [3.05, 3.63) is 99.5 Å². The molecule has 42 heavy (non-hydrogen) atoms. The Morgan fingerprint density at radius 1 is 0.929 bits per heavy atom. The predicted molar refractivity (Wildman–Crippen MR) is 156 cm³/mol. The smallest absolute Gasteiger partial charge is 0.406 e. The number of nitrogens with one attached hydrogen (secondary N) is 2. The molecule has 2 amide bonds. The Bertz CT molecular complexity index is 1310. The van der Waals surface area contributed by atoms with E-state index in [1.807, 2.05) is 43.3 Å². The Hall–Kier alpha value is -3.31. The van der Waals surface area contributed by atoms with Crippen LogP contribution in [-0.2, 0) is 4.79 Å². The van der Waals surface area contributed by atoms with Gasteiger partial charge in [0.1, 0.15) is 5.75 Å². The predicted octanol–water partition coefficient (Wildman–Crippen LogP) is 5.39. The summed E-state index contributed by atoms with van der Waals surface area (Å²) < 4.78 is 41.5. The molecule has 0 spiro atoms. The fourth-order valence-corrected chi connectivity index (χ4v) is 5.21. The van der Waals surface area contributed by atoms with Gasteiger partial charge in [0.15, 0.2) is 0 Å². The lowest BCUT2D eigenvalue weighted by Crippen LogP contribution is -2.47. The zero-order chi connectivity index (χ0) is 30.4. The molecule has 1 aliphatic rings. The summed E-state index contributed by atoms with van der Waals surface area (Å²) in [6.07, 6.45) is -4.84. The Morgan fingerprint density at radius 3 is 1.98 bits per heavy atom. The summed E-state index contributed by atoms with van der Waals surface area (Å²) >= 11 is 12.3. The maximum Gasteiger partial charge on any atom is 0.573 e. The van der Waals surface area contributed by atoms with Gasteiger partial charge in [-0.15, -0.1) is 13.2 Å². The molecule has 0 aromatic heterocycles. The van der Waals surface area contributed by atoms with Crippen molar-refractivity contribution in [2.45, 2.75) is 18.4 Å². The van der Waals surface area contributed by atoms with E-state index in [4.69, 9.17) is 23.2 Å². The molecule has 0 saturated carbocycles. The molecule has 1 saturated heterocycles. The zero-order valence-corrected chi connectivity index (χ0v) is 24.5. The normalized spacial score (nSPS) is 17.5. The first kappa shape index (κ1) is 31.6. The topological polar surface area (TPSA) is 73.9 Å². The number of ether oxygens (including phenoxy) is 1. The molecule has 0 aliphatic carbocycles. The van der Waals surface area contributed by atoms with E-state index < -0.39 is 30.0 Å². The largest absolute Gasteiger partial charge is 0.573 e. The third-order valence-corrected chi connectivity index (χ3v) is 7.45. The second-order valence-electron chi connectivity index (χ2n) is 10.3. The van der Waals surface area contributed by atoms with Gasteiger partial charge in [0.2, 0.25) is 5.91 Å². The molecule has 12 heteroatoms. The Kier molecular flexibility index (Phi) is 10.4. The molecular formula is C30H31Cl2F3N4O3. The highest BCUT2D eigenvalue weighted by molar-refractivity contribution is 6.30. The van der Waals surface area contributed by atoms with Crippen molar-refractivity contribution in [2.24, 2.45) is 5.92 Å². The number of hydrogen-bond donors (Lipinski definition) is 2. The highest BCUT2D eigenvalue weighted by atomic mass is 35.5. The highest BCUT2D eigenvalue weighted by Gasteiger charge is 2.42. The number of benzene rings is 3. The van der Waals surface area contributed by atoms with Crippen molar-refractivity contribution in [1.82, 2.24) is 20.4 Å². The molecule has 0 radical (unpaired) electrons. The fourth-order valence-electron chi connectivity index (χ4n) is 4.95. The van der Waals surface area contributed by atoms with Crippen molar-refractivity contribution in [3.8, 4) is 5.75 Å². The van der Waals surface area contributed by atoms with E-state index in [1.165, 1.54) is 12.1 Å². The third kappa shape index (κ3) is 8.61. The maximum atomic E-state index is 13.4. The van der Waals surface area contributed by atoms with Gasteiger partial charge in [-0.1, -0.05) is 47.5 Å². The number of amides is 2. The second-order valence-corrected chi connectivity index (χ2v) is 11.2. The van der Waals surface area contributed by atoms with Crippen LogP contribution in [0, 0.1) is 5.92 Å². The maximum absolute atomic E-state index is 13.4. The Labute approximate surface area is 252 Å². The number of likely N-dealkylation sites (N-methyl/N-ethyl adjacent to an activating group) is 1. The molecule has 2 unspecified atom stereocenters. The van der Waals surface area contributed by atoms with Crippen LogP contribution in [0.3, 0.4) is 0 Å². The third-order valence-electron chi connectivity index (χ3n) is 6.95. The van der Waals surface area contributed by atoms with Crippen LogP contribution in [0.1, 0.15) is 27.5 Å². The van der Waals surface area contributed by atoms with Crippen LogP contribution in [0.4, 0.5) is 13.2 Å². The van der Waals surface area contributed by atoms with Gasteiger partial charge in [0.05, 0.1) is 18.0 Å². The van der Waals surface area contributed by atoms with E-state index in [9.17, 15) is 22.8 Å². The van der Waals surface area contributed by atoms with E-state index in [1.54, 1.807) is 24.3 Å². The Balaban J connectivity index is 1.59. The van der Waals surface area contributed by atoms with Crippen LogP contribution < -0.4 is 15.4 Å². The van der Waals surface area contributed by atoms with E-state index in [2.05, 4.69) is 20.3 Å². The van der Waals surface area contributed by atoms with Crippen LogP contribution in [0.2, 0.25) is 10.0 Å². The van der Waals surface area contributed by atoms with Crippen LogP contribution in [-0.4, -0.2) is 74.3 Å². The first-order valence-corrected chi connectivity index (χ1v) is 14.0. The summed E-state index contributed by atoms with van der Waals surface area (Å²) in [4.78, 5) is 30.7. The van der Waals surface area contributed by atoms with Crippen molar-refractivity contribution >= 4 is 35.0 Å². The number of nitrogens with zero attached hydrogens (tertiary/aromatic N) is 2. The van der Waals surface area contributed by atoms with Gasteiger partial charge >= 0.3 is 6.36 Å². The number of halogens is 5. The van der Waals surface area contributed by atoms with Gasteiger partial charge in [-0.3, -0.25) is 14.5 Å². The molecule has 224 valence electrons. The Morgan fingerprint density at radius 2 is 1.48 bits per heavy atom. The lowest BCUT2D eigenvalue weighted by Gasteiger charge is -2.29. The molecule has 4 rings (SSSR count). The molecular weight excluding hydrogens is 592 g/mol. The molecule has 0 bridgehead atoms. The minimum absolute atomic E-state index is 0.140. The lowest BCUT2D eigenvalue weighted by atomic mass is 9.97. The minimum Gasteiger partial charge on any atom is -0.406 e. The van der Waals surface area contributed by atoms with Crippen molar-refractivity contribution in [2.75, 3.05) is 40.3 Å². The average Bonchev–Trinajstić information content (AvgIpc) is 3.33. The molecule has 3 aromatic rings. The fraction of sp³-hybridized carbons (Fsp3) is 0.333. The van der Waals surface area contributed by atoms with Crippen molar-refractivity contribution < 1.29 is 27.5 Å². The summed E-state index contributed by atoms with van der Waals surface area (Å²) in [5.74, 6) is -1.74. The number of hydrogen-bond acceptors (Lipinski definition) is 5. The highest BCUT2D eigenvalue weighted by Crippen LogP contribution is 2.35. The summed E-state index contributed by atoms with van der Waals surface area (Å²) in [5, 5.41) is 7.08.